The summed E-state index contributed by atoms with van der Waals surface area (Å²) in [7, 11) is 0. The molecule has 0 aliphatic heterocycles. The molecule has 0 amide bonds. The number of carboxylic acids is 1. The SMILES string of the molecule is Cc1ccc(-c2csc(=O)n2CC(=O)O)c(C)c1. The van der Waals surface area contributed by atoms with Gasteiger partial charge in [-0.05, 0) is 19.4 Å². The van der Waals surface area contributed by atoms with E-state index in [0.717, 1.165) is 28.0 Å². The van der Waals surface area contributed by atoms with E-state index in [4.69, 9.17) is 5.11 Å². The molecule has 2 rings (SSSR count). The Morgan fingerprint density at radius 2 is 2.11 bits per heavy atom. The van der Waals surface area contributed by atoms with Gasteiger partial charge in [0.2, 0.25) is 0 Å². The van der Waals surface area contributed by atoms with Gasteiger partial charge in [-0.15, -0.1) is 0 Å². The molecule has 1 aromatic carbocycles. The van der Waals surface area contributed by atoms with Crippen LogP contribution in [0.25, 0.3) is 11.3 Å². The summed E-state index contributed by atoms with van der Waals surface area (Å²) in [6.07, 6.45) is 0. The van der Waals surface area contributed by atoms with Crippen molar-refractivity contribution in [3.63, 3.8) is 0 Å². The van der Waals surface area contributed by atoms with Crippen molar-refractivity contribution in [2.75, 3.05) is 0 Å². The maximum atomic E-state index is 11.6. The van der Waals surface area contributed by atoms with Crippen LogP contribution in [0.5, 0.6) is 0 Å². The van der Waals surface area contributed by atoms with Crippen LogP contribution in [0.1, 0.15) is 11.1 Å². The maximum Gasteiger partial charge on any atom is 0.323 e. The summed E-state index contributed by atoms with van der Waals surface area (Å²) in [4.78, 5) is 22.2. The second-order valence-electron chi connectivity index (χ2n) is 4.19. The number of carbonyl (C=O) groups is 1. The summed E-state index contributed by atoms with van der Waals surface area (Å²) in [5.74, 6) is -1.01. The van der Waals surface area contributed by atoms with Gasteiger partial charge in [0, 0.05) is 10.9 Å². The Bertz CT molecular complexity index is 654. The first-order chi connectivity index (χ1) is 8.49. The summed E-state index contributed by atoms with van der Waals surface area (Å²) >= 11 is 1.02. The number of aromatic nitrogens is 1. The third kappa shape index (κ3) is 2.36. The van der Waals surface area contributed by atoms with Gasteiger partial charge in [0.05, 0.1) is 5.69 Å². The second-order valence-corrected chi connectivity index (χ2v) is 5.01. The summed E-state index contributed by atoms with van der Waals surface area (Å²) in [5.41, 5.74) is 3.75. The van der Waals surface area contributed by atoms with Crippen molar-refractivity contribution in [2.45, 2.75) is 20.4 Å². The van der Waals surface area contributed by atoms with Crippen molar-refractivity contribution in [1.29, 1.82) is 0 Å². The zero-order valence-corrected chi connectivity index (χ0v) is 11.0. The van der Waals surface area contributed by atoms with E-state index >= 15 is 0 Å². The first-order valence-corrected chi connectivity index (χ1v) is 6.35. The molecule has 0 radical (unpaired) electrons. The highest BCUT2D eigenvalue weighted by atomic mass is 32.1. The fraction of sp³-hybridized carbons (Fsp3) is 0.231. The minimum Gasteiger partial charge on any atom is -0.480 e. The van der Waals surface area contributed by atoms with Crippen LogP contribution < -0.4 is 4.87 Å². The Hall–Kier alpha value is -1.88. The van der Waals surface area contributed by atoms with E-state index in [1.807, 2.05) is 32.0 Å². The first kappa shape index (κ1) is 12.6. The molecule has 0 fully saturated rings. The van der Waals surface area contributed by atoms with Crippen LogP contribution >= 0.6 is 11.3 Å². The molecule has 18 heavy (non-hydrogen) atoms. The van der Waals surface area contributed by atoms with E-state index in [9.17, 15) is 9.59 Å². The smallest absolute Gasteiger partial charge is 0.323 e. The zero-order valence-electron chi connectivity index (χ0n) is 10.1. The highest BCUT2D eigenvalue weighted by Gasteiger charge is 2.13. The molecule has 0 aliphatic rings. The first-order valence-electron chi connectivity index (χ1n) is 5.47. The van der Waals surface area contributed by atoms with Crippen molar-refractivity contribution >= 4 is 17.3 Å². The molecule has 0 unspecified atom stereocenters. The predicted octanol–water partition coefficient (Wildman–Crippen LogP) is 2.28. The van der Waals surface area contributed by atoms with Gasteiger partial charge in [0.25, 0.3) is 0 Å². The van der Waals surface area contributed by atoms with Gasteiger partial charge in [-0.25, -0.2) is 0 Å². The number of benzene rings is 1. The van der Waals surface area contributed by atoms with Gasteiger partial charge in [0.15, 0.2) is 0 Å². The van der Waals surface area contributed by atoms with Crippen molar-refractivity contribution in [2.24, 2.45) is 0 Å². The monoisotopic (exact) mass is 263 g/mol. The summed E-state index contributed by atoms with van der Waals surface area (Å²) < 4.78 is 1.30. The lowest BCUT2D eigenvalue weighted by Gasteiger charge is -2.08. The van der Waals surface area contributed by atoms with Gasteiger partial charge in [-0.3, -0.25) is 14.2 Å². The van der Waals surface area contributed by atoms with Crippen LogP contribution in [0, 0.1) is 13.8 Å². The Balaban J connectivity index is 2.57. The van der Waals surface area contributed by atoms with Crippen LogP contribution in [-0.2, 0) is 11.3 Å². The minimum absolute atomic E-state index is 0.243. The lowest BCUT2D eigenvalue weighted by Crippen LogP contribution is -2.19. The lowest BCUT2D eigenvalue weighted by atomic mass is 10.0. The molecule has 0 aliphatic carbocycles. The Morgan fingerprint density at radius 3 is 2.72 bits per heavy atom. The summed E-state index contributed by atoms with van der Waals surface area (Å²) in [5, 5.41) is 10.6. The molecule has 0 bridgehead atoms. The number of nitrogens with zero attached hydrogens (tertiary/aromatic N) is 1. The number of aryl methyl sites for hydroxylation is 2. The normalized spacial score (nSPS) is 10.6. The van der Waals surface area contributed by atoms with E-state index in [-0.39, 0.29) is 11.4 Å². The average molecular weight is 263 g/mol. The zero-order chi connectivity index (χ0) is 13.3. The Morgan fingerprint density at radius 1 is 1.39 bits per heavy atom. The van der Waals surface area contributed by atoms with Crippen LogP contribution in [0.2, 0.25) is 0 Å². The van der Waals surface area contributed by atoms with E-state index < -0.39 is 5.97 Å². The highest BCUT2D eigenvalue weighted by molar-refractivity contribution is 7.07. The molecule has 94 valence electrons. The lowest BCUT2D eigenvalue weighted by molar-refractivity contribution is -0.137. The minimum atomic E-state index is -1.01. The fourth-order valence-electron chi connectivity index (χ4n) is 1.93. The maximum absolute atomic E-state index is 11.6. The predicted molar refractivity (Wildman–Crippen MR) is 71.1 cm³/mol. The standard InChI is InChI=1S/C13H13NO3S/c1-8-3-4-10(9(2)5-8)11-7-18-13(17)14(11)6-12(15)16/h3-5,7H,6H2,1-2H3,(H,15,16). The van der Waals surface area contributed by atoms with Gasteiger partial charge < -0.3 is 5.11 Å². The average Bonchev–Trinajstić information content (AvgIpc) is 2.60. The molecule has 0 atom stereocenters. The number of hydrogen-bond acceptors (Lipinski definition) is 3. The van der Waals surface area contributed by atoms with Crippen molar-refractivity contribution in [3.8, 4) is 11.3 Å². The molecule has 1 heterocycles. The van der Waals surface area contributed by atoms with E-state index in [0.29, 0.717) is 5.69 Å². The molecule has 4 nitrogen and oxygen atoms in total. The van der Waals surface area contributed by atoms with Crippen molar-refractivity contribution in [3.05, 3.63) is 44.4 Å². The molecular weight excluding hydrogens is 250 g/mol. The molecule has 2 aromatic rings. The molecule has 1 N–H and O–H groups in total. The van der Waals surface area contributed by atoms with Crippen LogP contribution in [0.4, 0.5) is 0 Å². The number of thiazole rings is 1. The molecule has 0 saturated carbocycles. The molecule has 0 spiro atoms. The van der Waals surface area contributed by atoms with Gasteiger partial charge in [-0.2, -0.15) is 0 Å². The topological polar surface area (TPSA) is 59.3 Å². The largest absolute Gasteiger partial charge is 0.480 e. The molecular formula is C13H13NO3S. The third-order valence-electron chi connectivity index (χ3n) is 2.73. The van der Waals surface area contributed by atoms with Gasteiger partial charge in [-0.1, -0.05) is 35.1 Å². The van der Waals surface area contributed by atoms with Gasteiger partial charge >= 0.3 is 10.8 Å². The summed E-state index contributed by atoms with van der Waals surface area (Å²) in [6.45, 7) is 3.65. The second kappa shape index (κ2) is 4.78. The fourth-order valence-corrected chi connectivity index (χ4v) is 2.68. The summed E-state index contributed by atoms with van der Waals surface area (Å²) in [6, 6.07) is 5.89. The number of hydrogen-bond donors (Lipinski definition) is 1. The molecule has 5 heteroatoms. The Kier molecular flexibility index (Phi) is 3.34. The Labute approximate surface area is 108 Å². The van der Waals surface area contributed by atoms with Crippen molar-refractivity contribution in [1.82, 2.24) is 4.57 Å². The van der Waals surface area contributed by atoms with Gasteiger partial charge in [0.1, 0.15) is 6.54 Å². The molecule has 0 saturated heterocycles. The van der Waals surface area contributed by atoms with E-state index in [1.54, 1.807) is 5.38 Å². The number of rotatable bonds is 3. The van der Waals surface area contributed by atoms with Crippen LogP contribution in [-0.4, -0.2) is 15.6 Å². The third-order valence-corrected chi connectivity index (χ3v) is 3.50. The van der Waals surface area contributed by atoms with E-state index in [1.165, 1.54) is 4.57 Å². The van der Waals surface area contributed by atoms with Crippen molar-refractivity contribution < 1.29 is 9.90 Å². The quantitative estimate of drug-likeness (QED) is 0.924. The number of aliphatic carboxylic acids is 1. The van der Waals surface area contributed by atoms with Crippen LogP contribution in [0.15, 0.2) is 28.4 Å². The highest BCUT2D eigenvalue weighted by Crippen LogP contribution is 2.24. The van der Waals surface area contributed by atoms with E-state index in [2.05, 4.69) is 0 Å². The van der Waals surface area contributed by atoms with Crippen LogP contribution in [0.3, 0.4) is 0 Å². The number of carboxylic acid groups (broad SMARTS) is 1. The molecule has 1 aromatic heterocycles.